The molecule has 2 aliphatic heterocycles. The van der Waals surface area contributed by atoms with E-state index in [9.17, 15) is 10.2 Å². The van der Waals surface area contributed by atoms with Gasteiger partial charge in [0.05, 0.1) is 18.8 Å². The van der Waals surface area contributed by atoms with Gasteiger partial charge in [-0.1, -0.05) is 24.3 Å². The smallest absolute Gasteiger partial charge is 0.225 e. The molecule has 5 heteroatoms. The molecule has 5 nitrogen and oxygen atoms in total. The first-order valence-corrected chi connectivity index (χ1v) is 6.54. The molecule has 0 saturated carbocycles. The number of aliphatic hydroxyl groups is 3. The number of fused-ring (bicyclic) bond motifs is 2. The van der Waals surface area contributed by atoms with Gasteiger partial charge >= 0.3 is 0 Å². The van der Waals surface area contributed by atoms with Crippen LogP contribution in [0.3, 0.4) is 0 Å². The van der Waals surface area contributed by atoms with Gasteiger partial charge in [0.1, 0.15) is 6.10 Å². The zero-order valence-electron chi connectivity index (χ0n) is 10.5. The third kappa shape index (κ3) is 1.98. The fourth-order valence-electron chi connectivity index (χ4n) is 2.93. The summed E-state index contributed by atoms with van der Waals surface area (Å²) in [5.74, 6) is -1.30. The Morgan fingerprint density at radius 3 is 2.84 bits per heavy atom. The van der Waals surface area contributed by atoms with Crippen LogP contribution in [0.1, 0.15) is 24.0 Å². The van der Waals surface area contributed by atoms with Crippen molar-refractivity contribution in [3.05, 3.63) is 35.4 Å². The Morgan fingerprint density at radius 2 is 2.05 bits per heavy atom. The molecule has 1 fully saturated rings. The predicted octanol–water partition coefficient (Wildman–Crippen LogP) is 0.263. The summed E-state index contributed by atoms with van der Waals surface area (Å²) in [6.45, 7) is 0.330. The molecule has 1 spiro atoms. The van der Waals surface area contributed by atoms with Crippen molar-refractivity contribution in [1.82, 2.24) is 0 Å². The number of ether oxygens (including phenoxy) is 2. The Balaban J connectivity index is 1.97. The maximum atomic E-state index is 10.3. The van der Waals surface area contributed by atoms with Crippen LogP contribution in [0.2, 0.25) is 0 Å². The highest BCUT2D eigenvalue weighted by molar-refractivity contribution is 5.35. The highest BCUT2D eigenvalue weighted by Crippen LogP contribution is 2.45. The second-order valence-electron chi connectivity index (χ2n) is 5.11. The Kier molecular flexibility index (Phi) is 3.32. The van der Waals surface area contributed by atoms with E-state index in [1.165, 1.54) is 0 Å². The summed E-state index contributed by atoms with van der Waals surface area (Å²) in [5.41, 5.74) is 1.72. The number of hydrogen-bond acceptors (Lipinski definition) is 5. The van der Waals surface area contributed by atoms with E-state index in [1.54, 1.807) is 0 Å². The highest BCUT2D eigenvalue weighted by Gasteiger charge is 2.54. The van der Waals surface area contributed by atoms with Crippen LogP contribution in [0.25, 0.3) is 0 Å². The quantitative estimate of drug-likeness (QED) is 0.715. The van der Waals surface area contributed by atoms with Gasteiger partial charge in [-0.15, -0.1) is 0 Å². The van der Waals surface area contributed by atoms with Gasteiger partial charge in [0.2, 0.25) is 5.79 Å². The average molecular weight is 266 g/mol. The minimum absolute atomic E-state index is 0.0226. The van der Waals surface area contributed by atoms with E-state index in [2.05, 4.69) is 0 Å². The van der Waals surface area contributed by atoms with E-state index in [0.717, 1.165) is 11.1 Å². The topological polar surface area (TPSA) is 79.2 Å². The van der Waals surface area contributed by atoms with Gasteiger partial charge in [-0.3, -0.25) is 0 Å². The first kappa shape index (κ1) is 13.0. The normalized spacial score (nSPS) is 37.5. The molecule has 2 aliphatic rings. The van der Waals surface area contributed by atoms with Crippen molar-refractivity contribution in [2.45, 2.75) is 43.5 Å². The van der Waals surface area contributed by atoms with Crippen molar-refractivity contribution in [2.24, 2.45) is 0 Å². The summed E-state index contributed by atoms with van der Waals surface area (Å²) in [6, 6.07) is 7.52. The van der Waals surface area contributed by atoms with E-state index < -0.39 is 18.0 Å². The van der Waals surface area contributed by atoms with E-state index in [-0.39, 0.29) is 12.7 Å². The van der Waals surface area contributed by atoms with E-state index >= 15 is 0 Å². The Hall–Kier alpha value is -0.980. The maximum Gasteiger partial charge on any atom is 0.225 e. The molecule has 1 aromatic carbocycles. The minimum Gasteiger partial charge on any atom is -0.396 e. The van der Waals surface area contributed by atoms with Crippen molar-refractivity contribution >= 4 is 0 Å². The van der Waals surface area contributed by atoms with Crippen LogP contribution in [0, 0.1) is 0 Å². The molecule has 4 atom stereocenters. The largest absolute Gasteiger partial charge is 0.396 e. The zero-order chi connectivity index (χ0) is 13.5. The van der Waals surface area contributed by atoms with Crippen molar-refractivity contribution in [2.75, 3.05) is 6.61 Å². The lowest BCUT2D eigenvalue weighted by Gasteiger charge is -2.44. The van der Waals surface area contributed by atoms with Gasteiger partial charge in [0.25, 0.3) is 0 Å². The van der Waals surface area contributed by atoms with E-state index in [1.807, 2.05) is 24.3 Å². The van der Waals surface area contributed by atoms with Crippen molar-refractivity contribution in [3.8, 4) is 0 Å². The molecule has 3 N–H and O–H groups in total. The Bertz CT molecular complexity index is 463. The molecule has 19 heavy (non-hydrogen) atoms. The first-order valence-electron chi connectivity index (χ1n) is 6.54. The lowest BCUT2D eigenvalue weighted by molar-refractivity contribution is -0.345. The second kappa shape index (κ2) is 4.85. The average Bonchev–Trinajstić information content (AvgIpc) is 2.77. The van der Waals surface area contributed by atoms with E-state index in [4.69, 9.17) is 14.6 Å². The fourth-order valence-corrected chi connectivity index (χ4v) is 2.93. The van der Waals surface area contributed by atoms with Gasteiger partial charge in [-0.05, 0) is 12.0 Å². The molecule has 3 rings (SSSR count). The van der Waals surface area contributed by atoms with Crippen LogP contribution in [0.4, 0.5) is 0 Å². The van der Waals surface area contributed by atoms with Gasteiger partial charge in [0, 0.05) is 18.6 Å². The summed E-state index contributed by atoms with van der Waals surface area (Å²) in [7, 11) is 0. The Morgan fingerprint density at radius 1 is 1.26 bits per heavy atom. The summed E-state index contributed by atoms with van der Waals surface area (Å²) >= 11 is 0. The molecule has 0 unspecified atom stereocenters. The van der Waals surface area contributed by atoms with Crippen molar-refractivity contribution in [3.63, 3.8) is 0 Å². The van der Waals surface area contributed by atoms with Gasteiger partial charge < -0.3 is 24.8 Å². The molecule has 0 aromatic heterocycles. The Labute approximate surface area is 111 Å². The van der Waals surface area contributed by atoms with E-state index in [0.29, 0.717) is 19.4 Å². The summed E-state index contributed by atoms with van der Waals surface area (Å²) in [5, 5.41) is 29.4. The van der Waals surface area contributed by atoms with Crippen LogP contribution in [0.5, 0.6) is 0 Å². The predicted molar refractivity (Wildman–Crippen MR) is 66.1 cm³/mol. The number of hydrogen-bond donors (Lipinski definition) is 3. The fraction of sp³-hybridized carbons (Fsp3) is 0.571. The van der Waals surface area contributed by atoms with Gasteiger partial charge in [-0.25, -0.2) is 0 Å². The summed E-state index contributed by atoms with van der Waals surface area (Å²) in [4.78, 5) is 0. The molecule has 0 aliphatic carbocycles. The third-order valence-electron chi connectivity index (χ3n) is 3.89. The van der Waals surface area contributed by atoms with Crippen molar-refractivity contribution < 1.29 is 24.8 Å². The molecule has 104 valence electrons. The lowest BCUT2D eigenvalue weighted by Crippen LogP contribution is -2.55. The highest BCUT2D eigenvalue weighted by atomic mass is 16.7. The van der Waals surface area contributed by atoms with Crippen LogP contribution in [-0.2, 0) is 21.9 Å². The number of aliphatic hydroxyl groups excluding tert-OH is 3. The molecule has 2 heterocycles. The molecular weight excluding hydrogens is 248 g/mol. The van der Waals surface area contributed by atoms with Crippen LogP contribution in [-0.4, -0.2) is 40.2 Å². The molecular formula is C14H18O5. The van der Waals surface area contributed by atoms with Crippen LogP contribution in [0.15, 0.2) is 24.3 Å². The standard InChI is InChI=1S/C14H18O5/c15-6-5-10-7-12(16)13(17)14(19-10)11-4-2-1-3-9(11)8-18-14/h1-4,10,12-13,15-17H,5-8H2/t10-,12+,13-,14-/m1/s1. The monoisotopic (exact) mass is 266 g/mol. The molecule has 0 bridgehead atoms. The van der Waals surface area contributed by atoms with Crippen LogP contribution < -0.4 is 0 Å². The summed E-state index contributed by atoms with van der Waals surface area (Å²) < 4.78 is 11.6. The lowest BCUT2D eigenvalue weighted by atomic mass is 9.88. The third-order valence-corrected chi connectivity index (χ3v) is 3.89. The number of rotatable bonds is 2. The maximum absolute atomic E-state index is 10.3. The van der Waals surface area contributed by atoms with Crippen LogP contribution >= 0.6 is 0 Å². The second-order valence-corrected chi connectivity index (χ2v) is 5.11. The number of benzene rings is 1. The molecule has 0 amide bonds. The molecule has 1 saturated heterocycles. The summed E-state index contributed by atoms with van der Waals surface area (Å²) in [6.07, 6.45) is -1.65. The first-order chi connectivity index (χ1) is 9.17. The van der Waals surface area contributed by atoms with Gasteiger partial charge in [0.15, 0.2) is 0 Å². The van der Waals surface area contributed by atoms with Crippen molar-refractivity contribution in [1.29, 1.82) is 0 Å². The SMILES string of the molecule is OCC[C@@H]1C[C@H](O)[C@@H](O)[C@]2(OCc3ccccc32)O1. The molecule has 0 radical (unpaired) electrons. The minimum atomic E-state index is -1.30. The zero-order valence-corrected chi connectivity index (χ0v) is 10.5. The molecule has 1 aromatic rings. The van der Waals surface area contributed by atoms with Gasteiger partial charge in [-0.2, -0.15) is 0 Å².